The van der Waals surface area contributed by atoms with E-state index in [0.717, 1.165) is 44.9 Å². The van der Waals surface area contributed by atoms with Crippen molar-refractivity contribution in [1.29, 1.82) is 0 Å². The molecule has 0 unspecified atom stereocenters. The first-order chi connectivity index (χ1) is 27.6. The number of aliphatic hydroxyl groups excluding tert-OH is 1. The number of carbonyl (C=O) groups is 2. The number of unbranched alkanes of at least 4 members (excludes halogenated alkanes) is 25. The van der Waals surface area contributed by atoms with E-state index in [0.29, 0.717) is 19.3 Å². The summed E-state index contributed by atoms with van der Waals surface area (Å²) < 4.78 is 10.6. The van der Waals surface area contributed by atoms with Crippen molar-refractivity contribution in [1.82, 2.24) is 0 Å². The summed E-state index contributed by atoms with van der Waals surface area (Å²) in [7, 11) is 0. The maximum absolute atomic E-state index is 12.2. The standard InChI is InChI=1S/C51H90O5/c1-3-5-7-9-11-13-15-17-19-21-23-25-27-29-31-33-35-37-39-41-43-45-50(53)55-48-49(47-52)56-51(54)46-44-42-40-38-36-34-32-30-28-26-24-22-20-18-16-14-12-10-8-6-4-2/h18-21,25,27,31,33,37,39,49,52H,3-17,22-24,26,28-30,32,34-36,38,40-48H2,1-2H3/b20-18+,21-19+,27-25+,33-31+,39-37+/t49-/m0/s1. The van der Waals surface area contributed by atoms with Crippen molar-refractivity contribution in [2.24, 2.45) is 0 Å². The van der Waals surface area contributed by atoms with Gasteiger partial charge in [-0.15, -0.1) is 0 Å². The molecular formula is C51H90O5. The number of hydrogen-bond donors (Lipinski definition) is 1. The molecule has 0 aromatic carbocycles. The van der Waals surface area contributed by atoms with Crippen LogP contribution in [0.5, 0.6) is 0 Å². The van der Waals surface area contributed by atoms with Crippen molar-refractivity contribution >= 4 is 11.9 Å². The van der Waals surface area contributed by atoms with E-state index in [4.69, 9.17) is 9.47 Å². The predicted octanol–water partition coefficient (Wildman–Crippen LogP) is 15.5. The molecule has 0 spiro atoms. The molecule has 0 saturated carbocycles. The maximum Gasteiger partial charge on any atom is 0.306 e. The fourth-order valence-corrected chi connectivity index (χ4v) is 6.66. The van der Waals surface area contributed by atoms with Gasteiger partial charge in [-0.1, -0.05) is 203 Å². The normalized spacial score (nSPS) is 12.7. The van der Waals surface area contributed by atoms with Gasteiger partial charge in [0.1, 0.15) is 6.61 Å². The summed E-state index contributed by atoms with van der Waals surface area (Å²) in [6.45, 7) is 4.10. The fourth-order valence-electron chi connectivity index (χ4n) is 6.66. The summed E-state index contributed by atoms with van der Waals surface area (Å²) in [4.78, 5) is 24.4. The Balaban J connectivity index is 3.61. The van der Waals surface area contributed by atoms with E-state index in [1.54, 1.807) is 0 Å². The van der Waals surface area contributed by atoms with Crippen LogP contribution in [0.15, 0.2) is 60.8 Å². The third kappa shape index (κ3) is 44.3. The van der Waals surface area contributed by atoms with Gasteiger partial charge in [-0.3, -0.25) is 9.59 Å². The Hall–Kier alpha value is -2.40. The summed E-state index contributed by atoms with van der Waals surface area (Å²) >= 11 is 0. The van der Waals surface area contributed by atoms with Crippen molar-refractivity contribution in [2.45, 2.75) is 238 Å². The van der Waals surface area contributed by atoms with E-state index < -0.39 is 6.10 Å². The molecule has 0 fully saturated rings. The van der Waals surface area contributed by atoms with Crippen molar-refractivity contribution in [3.05, 3.63) is 60.8 Å². The monoisotopic (exact) mass is 783 g/mol. The maximum atomic E-state index is 12.2. The highest BCUT2D eigenvalue weighted by Crippen LogP contribution is 2.14. The van der Waals surface area contributed by atoms with Crippen LogP contribution < -0.4 is 0 Å². The van der Waals surface area contributed by atoms with Crippen LogP contribution >= 0.6 is 0 Å². The highest BCUT2D eigenvalue weighted by molar-refractivity contribution is 5.70. The molecule has 0 rings (SSSR count). The molecule has 1 atom stereocenters. The van der Waals surface area contributed by atoms with E-state index in [-0.39, 0.29) is 25.2 Å². The Kier molecular flexibility index (Phi) is 45.0. The van der Waals surface area contributed by atoms with Crippen LogP contribution in [0, 0.1) is 0 Å². The van der Waals surface area contributed by atoms with Crippen LogP contribution in [0.25, 0.3) is 0 Å². The van der Waals surface area contributed by atoms with Gasteiger partial charge in [0.15, 0.2) is 6.10 Å². The molecule has 0 aromatic rings. The zero-order valence-corrected chi connectivity index (χ0v) is 36.9. The third-order valence-electron chi connectivity index (χ3n) is 10.3. The molecular weight excluding hydrogens is 693 g/mol. The Labute approximate surface area is 347 Å². The average Bonchev–Trinajstić information content (AvgIpc) is 3.20. The van der Waals surface area contributed by atoms with Crippen LogP contribution in [0.3, 0.4) is 0 Å². The lowest BCUT2D eigenvalue weighted by atomic mass is 10.0. The number of hydrogen-bond acceptors (Lipinski definition) is 5. The molecule has 0 aliphatic heterocycles. The number of carbonyl (C=O) groups excluding carboxylic acids is 2. The minimum atomic E-state index is -0.796. The van der Waals surface area contributed by atoms with Crippen molar-refractivity contribution in [3.8, 4) is 0 Å². The molecule has 0 amide bonds. The zero-order chi connectivity index (χ0) is 40.7. The third-order valence-corrected chi connectivity index (χ3v) is 10.3. The van der Waals surface area contributed by atoms with Gasteiger partial charge in [0.05, 0.1) is 6.61 Å². The molecule has 0 saturated heterocycles. The molecule has 1 N–H and O–H groups in total. The number of ether oxygens (including phenoxy) is 2. The van der Waals surface area contributed by atoms with Gasteiger partial charge in [0.25, 0.3) is 0 Å². The molecule has 0 radical (unpaired) electrons. The van der Waals surface area contributed by atoms with E-state index in [1.165, 1.54) is 154 Å². The molecule has 0 aliphatic carbocycles. The van der Waals surface area contributed by atoms with Gasteiger partial charge in [-0.05, 0) is 77.0 Å². The molecule has 0 heterocycles. The summed E-state index contributed by atoms with van der Waals surface area (Å²) in [6, 6.07) is 0. The molecule has 56 heavy (non-hydrogen) atoms. The predicted molar refractivity (Wildman–Crippen MR) is 242 cm³/mol. The lowest BCUT2D eigenvalue weighted by Crippen LogP contribution is -2.28. The average molecular weight is 783 g/mol. The lowest BCUT2D eigenvalue weighted by Gasteiger charge is -2.15. The summed E-state index contributed by atoms with van der Waals surface area (Å²) in [6.07, 6.45) is 61.6. The van der Waals surface area contributed by atoms with Crippen LogP contribution in [0.2, 0.25) is 0 Å². The zero-order valence-electron chi connectivity index (χ0n) is 36.9. The number of aliphatic hydroxyl groups is 1. The van der Waals surface area contributed by atoms with Crippen molar-refractivity contribution in [2.75, 3.05) is 13.2 Å². The fraction of sp³-hybridized carbons (Fsp3) is 0.765. The summed E-state index contributed by atoms with van der Waals surface area (Å²) in [5.41, 5.74) is 0. The van der Waals surface area contributed by atoms with Gasteiger partial charge in [-0.25, -0.2) is 0 Å². The Morgan fingerprint density at radius 1 is 0.411 bits per heavy atom. The highest BCUT2D eigenvalue weighted by Gasteiger charge is 2.16. The topological polar surface area (TPSA) is 72.8 Å². The number of allylic oxidation sites excluding steroid dienone is 10. The van der Waals surface area contributed by atoms with E-state index >= 15 is 0 Å². The first kappa shape index (κ1) is 53.6. The smallest absolute Gasteiger partial charge is 0.306 e. The molecule has 324 valence electrons. The summed E-state index contributed by atoms with van der Waals surface area (Å²) in [5.74, 6) is -0.654. The van der Waals surface area contributed by atoms with Gasteiger partial charge in [-0.2, -0.15) is 0 Å². The van der Waals surface area contributed by atoms with Crippen LogP contribution in [0.1, 0.15) is 232 Å². The molecule has 0 bridgehead atoms. The highest BCUT2D eigenvalue weighted by atomic mass is 16.6. The molecule has 5 nitrogen and oxygen atoms in total. The number of rotatable bonds is 43. The Morgan fingerprint density at radius 2 is 0.732 bits per heavy atom. The molecule has 0 aromatic heterocycles. The summed E-state index contributed by atoms with van der Waals surface area (Å²) in [5, 5.41) is 9.60. The number of esters is 2. The first-order valence-corrected chi connectivity index (χ1v) is 23.8. The minimum absolute atomic E-state index is 0.0952. The van der Waals surface area contributed by atoms with E-state index in [2.05, 4.69) is 74.6 Å². The SMILES string of the molecule is CCCCCCCC/C=C/CCCCCCCCCCCCCC(=O)O[C@@H](CO)COC(=O)CCC/C=C/C/C=C/C/C=C/C/C=C/CCCCCCCCC. The largest absolute Gasteiger partial charge is 0.462 e. The Bertz CT molecular complexity index is 977. The van der Waals surface area contributed by atoms with Crippen LogP contribution in [-0.4, -0.2) is 36.4 Å². The van der Waals surface area contributed by atoms with Gasteiger partial charge in [0.2, 0.25) is 0 Å². The van der Waals surface area contributed by atoms with E-state index in [1.807, 2.05) is 0 Å². The molecule has 0 aliphatic rings. The van der Waals surface area contributed by atoms with Gasteiger partial charge in [0, 0.05) is 12.8 Å². The van der Waals surface area contributed by atoms with Crippen molar-refractivity contribution in [3.63, 3.8) is 0 Å². The van der Waals surface area contributed by atoms with Crippen LogP contribution in [-0.2, 0) is 19.1 Å². The Morgan fingerprint density at radius 3 is 1.14 bits per heavy atom. The quantitative estimate of drug-likeness (QED) is 0.0379. The molecule has 5 heteroatoms. The lowest BCUT2D eigenvalue weighted by molar-refractivity contribution is -0.161. The van der Waals surface area contributed by atoms with E-state index in [9.17, 15) is 14.7 Å². The van der Waals surface area contributed by atoms with Gasteiger partial charge >= 0.3 is 11.9 Å². The van der Waals surface area contributed by atoms with Gasteiger partial charge < -0.3 is 14.6 Å². The second kappa shape index (κ2) is 47.0. The minimum Gasteiger partial charge on any atom is -0.462 e. The van der Waals surface area contributed by atoms with Crippen molar-refractivity contribution < 1.29 is 24.2 Å². The second-order valence-corrected chi connectivity index (χ2v) is 15.8. The second-order valence-electron chi connectivity index (χ2n) is 15.8. The van der Waals surface area contributed by atoms with Crippen LogP contribution in [0.4, 0.5) is 0 Å². The first-order valence-electron chi connectivity index (χ1n) is 23.8.